The maximum Gasteiger partial charge on any atom is 0.115 e. The molecule has 2 fully saturated rings. The third-order valence-electron chi connectivity index (χ3n) is 4.71. The number of hydrogen-bond acceptors (Lipinski definition) is 4. The monoisotopic (exact) mass is 298 g/mol. The van der Waals surface area contributed by atoms with Gasteiger partial charge in [0.1, 0.15) is 11.5 Å². The lowest BCUT2D eigenvalue weighted by molar-refractivity contribution is 0.0193. The van der Waals surface area contributed by atoms with Crippen molar-refractivity contribution in [3.05, 3.63) is 59.7 Å². The number of phenols is 2. The summed E-state index contributed by atoms with van der Waals surface area (Å²) < 4.78 is 12.0. The van der Waals surface area contributed by atoms with Crippen molar-refractivity contribution >= 4 is 0 Å². The highest BCUT2D eigenvalue weighted by Crippen LogP contribution is 2.50. The van der Waals surface area contributed by atoms with Gasteiger partial charge in [0.05, 0.1) is 25.4 Å². The lowest BCUT2D eigenvalue weighted by Gasteiger charge is -2.16. The summed E-state index contributed by atoms with van der Waals surface area (Å²) in [5.41, 5.74) is 2.17. The van der Waals surface area contributed by atoms with Crippen LogP contribution in [0.1, 0.15) is 23.3 Å². The van der Waals surface area contributed by atoms with E-state index in [1.807, 2.05) is 24.3 Å². The van der Waals surface area contributed by atoms with E-state index < -0.39 is 0 Å². The Labute approximate surface area is 128 Å². The van der Waals surface area contributed by atoms with Gasteiger partial charge in [0.25, 0.3) is 0 Å². The molecule has 0 unspecified atom stereocenters. The number of rotatable bonds is 2. The van der Waals surface area contributed by atoms with E-state index in [1.165, 1.54) is 0 Å². The van der Waals surface area contributed by atoms with Crippen LogP contribution in [0.15, 0.2) is 48.5 Å². The normalized spacial score (nSPS) is 30.4. The molecule has 2 N–H and O–H groups in total. The zero-order valence-corrected chi connectivity index (χ0v) is 12.1. The van der Waals surface area contributed by atoms with Crippen molar-refractivity contribution in [2.24, 2.45) is 11.8 Å². The van der Waals surface area contributed by atoms with Gasteiger partial charge in [-0.1, -0.05) is 24.3 Å². The molecular weight excluding hydrogens is 280 g/mol. The molecule has 0 amide bonds. The van der Waals surface area contributed by atoms with Crippen LogP contribution in [0.5, 0.6) is 11.5 Å². The Morgan fingerprint density at radius 2 is 1.00 bits per heavy atom. The van der Waals surface area contributed by atoms with E-state index >= 15 is 0 Å². The Balaban J connectivity index is 1.56. The minimum atomic E-state index is 0.0210. The number of ether oxygens (including phenoxy) is 2. The number of aromatic hydroxyl groups is 2. The first-order chi connectivity index (χ1) is 10.7. The first-order valence-electron chi connectivity index (χ1n) is 7.53. The summed E-state index contributed by atoms with van der Waals surface area (Å²) in [6.07, 6.45) is 0.0421. The fraction of sp³-hybridized carbons (Fsp3) is 0.333. The number of fused-ring (bicyclic) bond motifs is 1. The SMILES string of the molecule is Oc1ccc([C@H]2OC[C@@H]3[C@@H]2CO[C@H]3c2ccc(O)cc2)cc1. The molecule has 4 heteroatoms. The molecule has 22 heavy (non-hydrogen) atoms. The number of phenolic OH excluding ortho intramolecular Hbond substituents is 2. The third kappa shape index (κ3) is 2.25. The molecule has 2 saturated heterocycles. The van der Waals surface area contributed by atoms with Crippen LogP contribution in [0, 0.1) is 11.8 Å². The first-order valence-corrected chi connectivity index (χ1v) is 7.53. The van der Waals surface area contributed by atoms with Gasteiger partial charge < -0.3 is 19.7 Å². The largest absolute Gasteiger partial charge is 0.508 e. The molecular formula is C18H18O4. The van der Waals surface area contributed by atoms with Gasteiger partial charge in [0, 0.05) is 11.8 Å². The van der Waals surface area contributed by atoms with E-state index in [-0.39, 0.29) is 23.7 Å². The van der Waals surface area contributed by atoms with Gasteiger partial charge in [0.2, 0.25) is 0 Å². The third-order valence-corrected chi connectivity index (χ3v) is 4.71. The highest BCUT2D eigenvalue weighted by atomic mass is 16.5. The van der Waals surface area contributed by atoms with E-state index in [0.717, 1.165) is 11.1 Å². The van der Waals surface area contributed by atoms with Crippen molar-refractivity contribution in [3.8, 4) is 11.5 Å². The summed E-state index contributed by atoms with van der Waals surface area (Å²) in [4.78, 5) is 0. The summed E-state index contributed by atoms with van der Waals surface area (Å²) >= 11 is 0. The summed E-state index contributed by atoms with van der Waals surface area (Å²) in [5.74, 6) is 1.18. The average molecular weight is 298 g/mol. The molecule has 114 valence electrons. The highest BCUT2D eigenvalue weighted by molar-refractivity contribution is 5.31. The number of hydrogen-bond donors (Lipinski definition) is 2. The van der Waals surface area contributed by atoms with Crippen LogP contribution in [-0.4, -0.2) is 23.4 Å². The topological polar surface area (TPSA) is 58.9 Å². The molecule has 0 radical (unpaired) electrons. The van der Waals surface area contributed by atoms with E-state index in [9.17, 15) is 10.2 Å². The van der Waals surface area contributed by atoms with Crippen molar-refractivity contribution in [2.75, 3.05) is 13.2 Å². The van der Waals surface area contributed by atoms with Crippen molar-refractivity contribution in [2.45, 2.75) is 12.2 Å². The molecule has 2 aromatic rings. The second-order valence-electron chi connectivity index (χ2n) is 6.02. The molecule has 0 aliphatic carbocycles. The standard InChI is InChI=1S/C18H18O4/c19-13-5-1-11(2-6-13)17-15-9-22-18(16(15)10-21-17)12-3-7-14(20)8-4-12/h1-8,15-20H,9-10H2/t15-,16+,17+,18-. The van der Waals surface area contributed by atoms with E-state index in [4.69, 9.17) is 9.47 Å². The van der Waals surface area contributed by atoms with E-state index in [2.05, 4.69) is 0 Å². The fourth-order valence-corrected chi connectivity index (χ4v) is 3.56. The van der Waals surface area contributed by atoms with Crippen LogP contribution >= 0.6 is 0 Å². The van der Waals surface area contributed by atoms with Crippen molar-refractivity contribution in [1.29, 1.82) is 0 Å². The van der Waals surface area contributed by atoms with Gasteiger partial charge in [-0.25, -0.2) is 0 Å². The summed E-state index contributed by atoms with van der Waals surface area (Å²) in [7, 11) is 0. The highest BCUT2D eigenvalue weighted by Gasteiger charge is 2.47. The van der Waals surface area contributed by atoms with Crippen molar-refractivity contribution in [1.82, 2.24) is 0 Å². The molecule has 0 aromatic heterocycles. The average Bonchev–Trinajstić information content (AvgIpc) is 3.11. The molecule has 0 spiro atoms. The molecule has 2 heterocycles. The quantitative estimate of drug-likeness (QED) is 0.894. The lowest BCUT2D eigenvalue weighted by atomic mass is 9.85. The van der Waals surface area contributed by atoms with Crippen LogP contribution in [0.25, 0.3) is 0 Å². The first kappa shape index (κ1) is 13.6. The minimum Gasteiger partial charge on any atom is -0.508 e. The molecule has 2 aliphatic rings. The van der Waals surface area contributed by atoms with Gasteiger partial charge in [-0.3, -0.25) is 0 Å². The van der Waals surface area contributed by atoms with E-state index in [0.29, 0.717) is 25.0 Å². The second kappa shape index (κ2) is 5.30. The van der Waals surface area contributed by atoms with Gasteiger partial charge >= 0.3 is 0 Å². The Hall–Kier alpha value is -2.04. The molecule has 4 nitrogen and oxygen atoms in total. The summed E-state index contributed by atoms with van der Waals surface area (Å²) in [5, 5.41) is 18.8. The Kier molecular flexibility index (Phi) is 3.28. The predicted octanol–water partition coefficient (Wildman–Crippen LogP) is 3.17. The molecule has 0 bridgehead atoms. The van der Waals surface area contributed by atoms with Crippen LogP contribution in [0.2, 0.25) is 0 Å². The van der Waals surface area contributed by atoms with Crippen LogP contribution in [0.3, 0.4) is 0 Å². The minimum absolute atomic E-state index is 0.0210. The molecule has 4 rings (SSSR count). The smallest absolute Gasteiger partial charge is 0.115 e. The predicted molar refractivity (Wildman–Crippen MR) is 80.6 cm³/mol. The summed E-state index contributed by atoms with van der Waals surface area (Å²) in [6.45, 7) is 1.34. The van der Waals surface area contributed by atoms with Crippen LogP contribution < -0.4 is 0 Å². The van der Waals surface area contributed by atoms with Gasteiger partial charge in [-0.05, 0) is 35.4 Å². The molecule has 0 saturated carbocycles. The Morgan fingerprint density at radius 3 is 1.36 bits per heavy atom. The number of benzene rings is 2. The van der Waals surface area contributed by atoms with Crippen molar-refractivity contribution < 1.29 is 19.7 Å². The maximum atomic E-state index is 9.41. The van der Waals surface area contributed by atoms with Crippen molar-refractivity contribution in [3.63, 3.8) is 0 Å². The molecule has 2 aromatic carbocycles. The van der Waals surface area contributed by atoms with Gasteiger partial charge in [0.15, 0.2) is 0 Å². The van der Waals surface area contributed by atoms with Gasteiger partial charge in [-0.15, -0.1) is 0 Å². The molecule has 2 aliphatic heterocycles. The van der Waals surface area contributed by atoms with Crippen LogP contribution in [0.4, 0.5) is 0 Å². The Bertz CT molecular complexity index is 590. The Morgan fingerprint density at radius 1 is 0.636 bits per heavy atom. The zero-order chi connectivity index (χ0) is 15.1. The summed E-state index contributed by atoms with van der Waals surface area (Å²) in [6, 6.07) is 14.4. The lowest BCUT2D eigenvalue weighted by Crippen LogP contribution is -2.14. The van der Waals surface area contributed by atoms with Crippen LogP contribution in [-0.2, 0) is 9.47 Å². The molecule has 4 atom stereocenters. The van der Waals surface area contributed by atoms with E-state index in [1.54, 1.807) is 24.3 Å². The van der Waals surface area contributed by atoms with Gasteiger partial charge in [-0.2, -0.15) is 0 Å². The fourth-order valence-electron chi connectivity index (χ4n) is 3.56. The zero-order valence-electron chi connectivity index (χ0n) is 12.1. The maximum absolute atomic E-state index is 9.41. The second-order valence-corrected chi connectivity index (χ2v) is 6.02.